The summed E-state index contributed by atoms with van der Waals surface area (Å²) in [5, 5.41) is 4.01. The number of carbonyl (C=O) groups is 1. The predicted octanol–water partition coefficient (Wildman–Crippen LogP) is 3.57. The number of anilines is 1. The van der Waals surface area contributed by atoms with Gasteiger partial charge in [-0.1, -0.05) is 29.3 Å². The summed E-state index contributed by atoms with van der Waals surface area (Å²) in [6.07, 6.45) is 0. The lowest BCUT2D eigenvalue weighted by Crippen LogP contribution is -2.49. The van der Waals surface area contributed by atoms with Crippen molar-refractivity contribution < 1.29 is 9.18 Å². The zero-order valence-corrected chi connectivity index (χ0v) is 15.7. The quantitative estimate of drug-likeness (QED) is 0.840. The number of halogens is 3. The maximum Gasteiger partial charge on any atom is 0.234 e. The van der Waals surface area contributed by atoms with Gasteiger partial charge in [0.1, 0.15) is 5.82 Å². The second-order valence-electron chi connectivity index (χ2n) is 6.25. The minimum absolute atomic E-state index is 0.0359. The fourth-order valence-corrected chi connectivity index (χ4v) is 3.41. The maximum absolute atomic E-state index is 13.0. The highest BCUT2D eigenvalue weighted by Crippen LogP contribution is 2.21. The lowest BCUT2D eigenvalue weighted by Gasteiger charge is -2.35. The molecule has 1 amide bonds. The third-order valence-corrected chi connectivity index (χ3v) is 5.01. The van der Waals surface area contributed by atoms with E-state index >= 15 is 0 Å². The van der Waals surface area contributed by atoms with Crippen LogP contribution in [0.15, 0.2) is 42.5 Å². The van der Waals surface area contributed by atoms with Gasteiger partial charge in [0.2, 0.25) is 5.91 Å². The predicted molar refractivity (Wildman–Crippen MR) is 103 cm³/mol. The molecule has 1 aliphatic rings. The molecule has 1 saturated heterocycles. The van der Waals surface area contributed by atoms with E-state index in [1.54, 1.807) is 24.3 Å². The normalized spacial score (nSPS) is 15.1. The molecule has 0 aliphatic carbocycles. The van der Waals surface area contributed by atoms with Crippen LogP contribution in [0.4, 0.5) is 10.1 Å². The van der Waals surface area contributed by atoms with E-state index in [0.29, 0.717) is 23.1 Å². The van der Waals surface area contributed by atoms with Crippen LogP contribution in [-0.2, 0) is 11.3 Å². The van der Waals surface area contributed by atoms with Gasteiger partial charge in [0, 0.05) is 48.5 Å². The standard InChI is InChI=1S/C19H20Cl2FN3O/c20-15-2-1-14(18(21)11-15)12-23-19(26)13-24-7-9-25(10-8-24)17-5-3-16(22)4-6-17/h1-6,11H,7-10,12-13H2,(H,23,26). The lowest BCUT2D eigenvalue weighted by atomic mass is 10.2. The Bertz CT molecular complexity index is 762. The van der Waals surface area contributed by atoms with Gasteiger partial charge in [0.05, 0.1) is 6.54 Å². The molecule has 0 atom stereocenters. The maximum atomic E-state index is 13.0. The smallest absolute Gasteiger partial charge is 0.234 e. The summed E-state index contributed by atoms with van der Waals surface area (Å²) in [4.78, 5) is 16.5. The summed E-state index contributed by atoms with van der Waals surface area (Å²) >= 11 is 12.0. The van der Waals surface area contributed by atoms with Gasteiger partial charge >= 0.3 is 0 Å². The molecule has 0 saturated carbocycles. The van der Waals surface area contributed by atoms with Crippen molar-refractivity contribution in [3.63, 3.8) is 0 Å². The van der Waals surface area contributed by atoms with Crippen LogP contribution >= 0.6 is 23.2 Å². The number of nitrogens with zero attached hydrogens (tertiary/aromatic N) is 2. The van der Waals surface area contributed by atoms with Crippen LogP contribution < -0.4 is 10.2 Å². The van der Waals surface area contributed by atoms with Gasteiger partial charge in [-0.2, -0.15) is 0 Å². The second-order valence-corrected chi connectivity index (χ2v) is 7.10. The summed E-state index contributed by atoms with van der Waals surface area (Å²) in [7, 11) is 0. The van der Waals surface area contributed by atoms with Crippen molar-refractivity contribution in [2.75, 3.05) is 37.6 Å². The summed E-state index contributed by atoms with van der Waals surface area (Å²) in [5.41, 5.74) is 1.85. The second kappa shape index (κ2) is 8.71. The van der Waals surface area contributed by atoms with Gasteiger partial charge < -0.3 is 10.2 Å². The molecule has 7 heteroatoms. The Morgan fingerprint density at radius 2 is 1.73 bits per heavy atom. The minimum atomic E-state index is -0.232. The number of hydrogen-bond acceptors (Lipinski definition) is 3. The van der Waals surface area contributed by atoms with E-state index in [4.69, 9.17) is 23.2 Å². The first-order valence-electron chi connectivity index (χ1n) is 8.45. The average Bonchev–Trinajstić information content (AvgIpc) is 2.62. The molecule has 3 rings (SSSR count). The zero-order chi connectivity index (χ0) is 18.5. The van der Waals surface area contributed by atoms with Crippen LogP contribution in [0, 0.1) is 5.82 Å². The number of piperazine rings is 1. The molecule has 1 N–H and O–H groups in total. The highest BCUT2D eigenvalue weighted by molar-refractivity contribution is 6.35. The molecule has 1 heterocycles. The molecular weight excluding hydrogens is 376 g/mol. The molecular formula is C19H20Cl2FN3O. The Morgan fingerprint density at radius 3 is 2.38 bits per heavy atom. The molecule has 0 spiro atoms. The van der Waals surface area contributed by atoms with Crippen molar-refractivity contribution in [3.8, 4) is 0 Å². The number of rotatable bonds is 5. The number of carbonyl (C=O) groups excluding carboxylic acids is 1. The number of hydrogen-bond donors (Lipinski definition) is 1. The van der Waals surface area contributed by atoms with E-state index in [9.17, 15) is 9.18 Å². The van der Waals surface area contributed by atoms with E-state index in [0.717, 1.165) is 37.4 Å². The molecule has 1 fully saturated rings. The Morgan fingerprint density at radius 1 is 1.04 bits per heavy atom. The third kappa shape index (κ3) is 5.10. The number of benzene rings is 2. The zero-order valence-electron chi connectivity index (χ0n) is 14.2. The van der Waals surface area contributed by atoms with E-state index in [2.05, 4.69) is 15.1 Å². The Hall–Kier alpha value is -1.82. The van der Waals surface area contributed by atoms with E-state index < -0.39 is 0 Å². The third-order valence-electron chi connectivity index (χ3n) is 4.42. The topological polar surface area (TPSA) is 35.6 Å². The van der Waals surface area contributed by atoms with Crippen LogP contribution in [0.3, 0.4) is 0 Å². The summed E-state index contributed by atoms with van der Waals surface area (Å²) in [5.74, 6) is -0.268. The Labute approximate surface area is 162 Å². The van der Waals surface area contributed by atoms with Crippen molar-refractivity contribution in [2.24, 2.45) is 0 Å². The molecule has 0 radical (unpaired) electrons. The average molecular weight is 396 g/mol. The highest BCUT2D eigenvalue weighted by atomic mass is 35.5. The summed E-state index contributed by atoms with van der Waals surface area (Å²) in [6.45, 7) is 3.91. The molecule has 1 aliphatic heterocycles. The highest BCUT2D eigenvalue weighted by Gasteiger charge is 2.19. The van der Waals surface area contributed by atoms with Crippen LogP contribution in [0.25, 0.3) is 0 Å². The van der Waals surface area contributed by atoms with E-state index in [-0.39, 0.29) is 11.7 Å². The van der Waals surface area contributed by atoms with Crippen LogP contribution in [0.1, 0.15) is 5.56 Å². The first-order valence-corrected chi connectivity index (χ1v) is 9.20. The summed E-state index contributed by atoms with van der Waals surface area (Å²) in [6, 6.07) is 11.7. The Balaban J connectivity index is 1.43. The summed E-state index contributed by atoms with van der Waals surface area (Å²) < 4.78 is 13.0. The molecule has 26 heavy (non-hydrogen) atoms. The van der Waals surface area contributed by atoms with Crippen LogP contribution in [0.2, 0.25) is 10.0 Å². The molecule has 0 unspecified atom stereocenters. The van der Waals surface area contributed by atoms with Crippen molar-refractivity contribution in [1.82, 2.24) is 10.2 Å². The number of amides is 1. The first-order chi connectivity index (χ1) is 12.5. The monoisotopic (exact) mass is 395 g/mol. The fraction of sp³-hybridized carbons (Fsp3) is 0.316. The van der Waals surface area contributed by atoms with Gasteiger partial charge in [-0.3, -0.25) is 9.69 Å². The minimum Gasteiger partial charge on any atom is -0.369 e. The Kier molecular flexibility index (Phi) is 6.35. The molecule has 0 aromatic heterocycles. The van der Waals surface area contributed by atoms with Crippen LogP contribution in [0.5, 0.6) is 0 Å². The SMILES string of the molecule is O=C(CN1CCN(c2ccc(F)cc2)CC1)NCc1ccc(Cl)cc1Cl. The first kappa shape index (κ1) is 19.0. The van der Waals surface area contributed by atoms with Crippen molar-refractivity contribution in [2.45, 2.75) is 6.54 Å². The molecule has 2 aromatic rings. The van der Waals surface area contributed by atoms with Crippen molar-refractivity contribution >= 4 is 34.8 Å². The van der Waals surface area contributed by atoms with Gasteiger partial charge in [-0.05, 0) is 42.0 Å². The van der Waals surface area contributed by atoms with Gasteiger partial charge in [0.15, 0.2) is 0 Å². The lowest BCUT2D eigenvalue weighted by molar-refractivity contribution is -0.122. The van der Waals surface area contributed by atoms with E-state index in [1.165, 1.54) is 12.1 Å². The molecule has 4 nitrogen and oxygen atoms in total. The number of nitrogens with one attached hydrogen (secondary N) is 1. The molecule has 0 bridgehead atoms. The molecule has 2 aromatic carbocycles. The van der Waals surface area contributed by atoms with Gasteiger partial charge in [-0.15, -0.1) is 0 Å². The van der Waals surface area contributed by atoms with Crippen LogP contribution in [-0.4, -0.2) is 43.5 Å². The largest absolute Gasteiger partial charge is 0.369 e. The van der Waals surface area contributed by atoms with E-state index in [1.807, 2.05) is 6.07 Å². The fourth-order valence-electron chi connectivity index (χ4n) is 2.93. The van der Waals surface area contributed by atoms with Crippen molar-refractivity contribution in [3.05, 3.63) is 63.9 Å². The molecule has 138 valence electrons. The van der Waals surface area contributed by atoms with Crippen molar-refractivity contribution in [1.29, 1.82) is 0 Å². The van der Waals surface area contributed by atoms with Gasteiger partial charge in [-0.25, -0.2) is 4.39 Å². The van der Waals surface area contributed by atoms with Gasteiger partial charge in [0.25, 0.3) is 0 Å².